The third kappa shape index (κ3) is 3.22. The maximum atomic E-state index is 13.4. The zero-order chi connectivity index (χ0) is 21.6. The maximum Gasteiger partial charge on any atom is 0.255 e. The molecule has 31 heavy (non-hydrogen) atoms. The molecule has 1 fully saturated rings. The summed E-state index contributed by atoms with van der Waals surface area (Å²) in [6.45, 7) is 2.91. The molecule has 1 amide bonds. The van der Waals surface area contributed by atoms with Crippen molar-refractivity contribution < 1.29 is 9.90 Å². The van der Waals surface area contributed by atoms with Gasteiger partial charge in [0, 0.05) is 29.4 Å². The molecule has 0 bridgehead atoms. The van der Waals surface area contributed by atoms with Crippen molar-refractivity contribution in [2.45, 2.75) is 25.4 Å². The van der Waals surface area contributed by atoms with Gasteiger partial charge in [0.2, 0.25) is 0 Å². The van der Waals surface area contributed by atoms with Crippen LogP contribution >= 0.6 is 0 Å². The number of benzene rings is 3. The number of piperidine rings is 1. The van der Waals surface area contributed by atoms with Gasteiger partial charge in [0.05, 0.1) is 16.7 Å². The second-order valence-electron chi connectivity index (χ2n) is 8.37. The van der Waals surface area contributed by atoms with Crippen molar-refractivity contribution in [2.24, 2.45) is 0 Å². The van der Waals surface area contributed by atoms with Crippen molar-refractivity contribution in [3.8, 4) is 0 Å². The van der Waals surface area contributed by atoms with Crippen LogP contribution in [0.3, 0.4) is 0 Å². The predicted octanol–water partition coefficient (Wildman–Crippen LogP) is 4.11. The number of amides is 1. The van der Waals surface area contributed by atoms with Crippen LogP contribution in [0.2, 0.25) is 0 Å². The molecule has 0 aliphatic carbocycles. The number of para-hydroxylation sites is 2. The Morgan fingerprint density at radius 1 is 0.935 bits per heavy atom. The minimum absolute atomic E-state index is 0.0772. The number of likely N-dealkylation sites (tertiary alicyclic amines) is 1. The number of nitrogens with one attached hydrogen (secondary N) is 1. The lowest BCUT2D eigenvalue weighted by atomic mass is 9.82. The number of aromatic amines is 1. The van der Waals surface area contributed by atoms with Crippen LogP contribution in [-0.2, 0) is 5.60 Å². The Morgan fingerprint density at radius 3 is 2.39 bits per heavy atom. The summed E-state index contributed by atoms with van der Waals surface area (Å²) < 4.78 is 0. The summed E-state index contributed by atoms with van der Waals surface area (Å²) in [6, 6.07) is 20.5. The minimum Gasteiger partial charge on any atom is -0.385 e. The Balaban J connectivity index is 1.48. The Hall–Kier alpha value is -3.44. The molecule has 156 valence electrons. The van der Waals surface area contributed by atoms with E-state index in [1.807, 2.05) is 49.4 Å². The standard InChI is InChI=1S/C26H24N2O3/c1-17-7-2-4-11-21(17)26(31)13-15-28(16-14-26)25(30)20-10-6-9-19-23(20)27-22-12-5-3-8-18(22)24(19)29/h2-12,31H,13-16H2,1H3,(H,27,29). The fourth-order valence-electron chi connectivity index (χ4n) is 4.74. The fourth-order valence-corrected chi connectivity index (χ4v) is 4.74. The highest BCUT2D eigenvalue weighted by atomic mass is 16.3. The van der Waals surface area contributed by atoms with Gasteiger partial charge in [0.25, 0.3) is 5.91 Å². The van der Waals surface area contributed by atoms with Gasteiger partial charge in [0.15, 0.2) is 5.43 Å². The number of carbonyl (C=O) groups excluding carboxylic acids is 1. The molecule has 2 N–H and O–H groups in total. The number of hydrogen-bond acceptors (Lipinski definition) is 3. The number of H-pyrrole nitrogens is 1. The van der Waals surface area contributed by atoms with Crippen LogP contribution in [0.15, 0.2) is 71.5 Å². The largest absolute Gasteiger partial charge is 0.385 e. The summed E-state index contributed by atoms with van der Waals surface area (Å²) in [5.74, 6) is -0.122. The Labute approximate surface area is 179 Å². The van der Waals surface area contributed by atoms with E-state index in [4.69, 9.17) is 0 Å². The van der Waals surface area contributed by atoms with Crippen LogP contribution < -0.4 is 5.43 Å². The molecule has 0 spiro atoms. The van der Waals surface area contributed by atoms with Crippen LogP contribution in [0, 0.1) is 6.92 Å². The van der Waals surface area contributed by atoms with Crippen LogP contribution in [-0.4, -0.2) is 34.0 Å². The lowest BCUT2D eigenvalue weighted by molar-refractivity contribution is -0.0215. The topological polar surface area (TPSA) is 73.4 Å². The summed E-state index contributed by atoms with van der Waals surface area (Å²) >= 11 is 0. The van der Waals surface area contributed by atoms with E-state index >= 15 is 0 Å². The Kier molecular flexibility index (Phi) is 4.63. The molecule has 5 heteroatoms. The predicted molar refractivity (Wildman–Crippen MR) is 122 cm³/mol. The van der Waals surface area contributed by atoms with Gasteiger partial charge in [-0.15, -0.1) is 0 Å². The lowest BCUT2D eigenvalue weighted by Gasteiger charge is -2.39. The second kappa shape index (κ2) is 7.36. The number of rotatable bonds is 2. The molecule has 2 heterocycles. The van der Waals surface area contributed by atoms with Gasteiger partial charge in [-0.25, -0.2) is 0 Å². The molecule has 5 rings (SSSR count). The number of carbonyl (C=O) groups is 1. The molecular weight excluding hydrogens is 388 g/mol. The molecule has 1 aromatic heterocycles. The molecule has 1 aliphatic rings. The SMILES string of the molecule is Cc1ccccc1C1(O)CCN(C(=O)c2cccc3c(=O)c4ccccc4[nH]c23)CC1. The van der Waals surface area contributed by atoms with E-state index in [1.165, 1.54) is 0 Å². The third-order valence-electron chi connectivity index (χ3n) is 6.50. The van der Waals surface area contributed by atoms with Crippen molar-refractivity contribution in [2.75, 3.05) is 13.1 Å². The highest BCUT2D eigenvalue weighted by molar-refractivity contribution is 6.07. The van der Waals surface area contributed by atoms with Crippen molar-refractivity contribution >= 4 is 27.7 Å². The van der Waals surface area contributed by atoms with Crippen LogP contribution in [0.4, 0.5) is 0 Å². The van der Waals surface area contributed by atoms with Crippen molar-refractivity contribution in [3.63, 3.8) is 0 Å². The van der Waals surface area contributed by atoms with Crippen molar-refractivity contribution in [1.29, 1.82) is 0 Å². The number of fused-ring (bicyclic) bond motifs is 2. The molecule has 4 aromatic rings. The molecule has 0 radical (unpaired) electrons. The van der Waals surface area contributed by atoms with E-state index in [2.05, 4.69) is 4.98 Å². The van der Waals surface area contributed by atoms with Crippen molar-refractivity contribution in [3.05, 3.63) is 93.6 Å². The zero-order valence-electron chi connectivity index (χ0n) is 17.4. The van der Waals surface area contributed by atoms with E-state index in [1.54, 1.807) is 29.2 Å². The first-order valence-electron chi connectivity index (χ1n) is 10.6. The van der Waals surface area contributed by atoms with E-state index in [0.29, 0.717) is 53.3 Å². The molecule has 1 aliphatic heterocycles. The third-order valence-corrected chi connectivity index (χ3v) is 6.50. The molecule has 1 saturated heterocycles. The lowest BCUT2D eigenvalue weighted by Crippen LogP contribution is -2.45. The summed E-state index contributed by atoms with van der Waals surface area (Å²) in [4.78, 5) is 31.4. The fraction of sp³-hybridized carbons (Fsp3) is 0.231. The normalized spacial score (nSPS) is 16.0. The number of aryl methyl sites for hydroxylation is 1. The van der Waals surface area contributed by atoms with Gasteiger partial charge in [-0.3, -0.25) is 9.59 Å². The average Bonchev–Trinajstić information content (AvgIpc) is 2.79. The monoisotopic (exact) mass is 412 g/mol. The van der Waals surface area contributed by atoms with E-state index in [0.717, 1.165) is 11.1 Å². The molecule has 0 saturated carbocycles. The highest BCUT2D eigenvalue weighted by Crippen LogP contribution is 2.35. The van der Waals surface area contributed by atoms with Crippen LogP contribution in [0.25, 0.3) is 21.8 Å². The van der Waals surface area contributed by atoms with Crippen LogP contribution in [0.1, 0.15) is 34.3 Å². The number of hydrogen-bond donors (Lipinski definition) is 2. The number of aliphatic hydroxyl groups is 1. The zero-order valence-corrected chi connectivity index (χ0v) is 17.4. The van der Waals surface area contributed by atoms with Gasteiger partial charge in [-0.05, 0) is 55.2 Å². The molecule has 3 aromatic carbocycles. The first-order chi connectivity index (χ1) is 15.0. The summed E-state index contributed by atoms with van der Waals surface area (Å²) in [7, 11) is 0. The molecular formula is C26H24N2O3. The maximum absolute atomic E-state index is 13.4. The quantitative estimate of drug-likeness (QED) is 0.487. The van der Waals surface area contributed by atoms with Crippen LogP contribution in [0.5, 0.6) is 0 Å². The van der Waals surface area contributed by atoms with Crippen molar-refractivity contribution in [1.82, 2.24) is 9.88 Å². The second-order valence-corrected chi connectivity index (χ2v) is 8.37. The summed E-state index contributed by atoms with van der Waals surface area (Å²) in [5.41, 5.74) is 2.76. The van der Waals surface area contributed by atoms with E-state index in [9.17, 15) is 14.7 Å². The highest BCUT2D eigenvalue weighted by Gasteiger charge is 2.36. The van der Waals surface area contributed by atoms with Gasteiger partial charge in [0.1, 0.15) is 0 Å². The summed E-state index contributed by atoms with van der Waals surface area (Å²) in [6.07, 6.45) is 0.960. The number of aromatic nitrogens is 1. The smallest absolute Gasteiger partial charge is 0.255 e. The van der Waals surface area contributed by atoms with Gasteiger partial charge in [-0.2, -0.15) is 0 Å². The molecule has 0 atom stereocenters. The molecule has 0 unspecified atom stereocenters. The Bertz CT molecular complexity index is 1360. The van der Waals surface area contributed by atoms with Gasteiger partial charge < -0.3 is 15.0 Å². The minimum atomic E-state index is -0.925. The molecule has 5 nitrogen and oxygen atoms in total. The van der Waals surface area contributed by atoms with E-state index in [-0.39, 0.29) is 11.3 Å². The summed E-state index contributed by atoms with van der Waals surface area (Å²) in [5, 5.41) is 12.4. The average molecular weight is 412 g/mol. The number of pyridine rings is 1. The Morgan fingerprint density at radius 2 is 1.61 bits per heavy atom. The van der Waals surface area contributed by atoms with E-state index < -0.39 is 5.60 Å². The first kappa shape index (κ1) is 19.5. The van der Waals surface area contributed by atoms with Gasteiger partial charge >= 0.3 is 0 Å². The first-order valence-corrected chi connectivity index (χ1v) is 10.6. The number of nitrogens with zero attached hydrogens (tertiary/aromatic N) is 1. The van der Waals surface area contributed by atoms with Gasteiger partial charge in [-0.1, -0.05) is 42.5 Å².